The van der Waals surface area contributed by atoms with E-state index in [2.05, 4.69) is 15.9 Å². The van der Waals surface area contributed by atoms with E-state index < -0.39 is 0 Å². The number of phenolic OH excluding ortho intramolecular Hbond substituents is 2. The number of phenols is 2. The Morgan fingerprint density at radius 1 is 0.875 bits per heavy atom. The summed E-state index contributed by atoms with van der Waals surface area (Å²) in [6.07, 6.45) is 0. The molecule has 0 spiro atoms. The predicted octanol–water partition coefficient (Wildman–Crippen LogP) is 3.66. The molecule has 0 unspecified atom stereocenters. The van der Waals surface area contributed by atoms with Gasteiger partial charge in [0.25, 0.3) is 0 Å². The van der Waals surface area contributed by atoms with Crippen LogP contribution in [0.1, 0.15) is 5.56 Å². The van der Waals surface area contributed by atoms with Gasteiger partial charge < -0.3 is 10.2 Å². The minimum atomic E-state index is 0.171. The lowest BCUT2D eigenvalue weighted by atomic mass is 10.0. The fourth-order valence-electron chi connectivity index (χ4n) is 1.58. The monoisotopic (exact) mass is 278 g/mol. The Morgan fingerprint density at radius 3 is 2.25 bits per heavy atom. The maximum Gasteiger partial charge on any atom is 0.123 e. The molecule has 16 heavy (non-hydrogen) atoms. The Morgan fingerprint density at radius 2 is 1.56 bits per heavy atom. The molecule has 2 aromatic rings. The molecule has 0 saturated heterocycles. The lowest BCUT2D eigenvalue weighted by Gasteiger charge is -2.08. The van der Waals surface area contributed by atoms with Gasteiger partial charge in [0.15, 0.2) is 0 Å². The lowest BCUT2D eigenvalue weighted by molar-refractivity contribution is 0.469. The van der Waals surface area contributed by atoms with Crippen LogP contribution in [0.2, 0.25) is 0 Å². The van der Waals surface area contributed by atoms with E-state index in [1.165, 1.54) is 0 Å². The Labute approximate surface area is 102 Å². The Hall–Kier alpha value is -1.48. The van der Waals surface area contributed by atoms with Crippen molar-refractivity contribution >= 4 is 15.9 Å². The van der Waals surface area contributed by atoms with Gasteiger partial charge in [0.05, 0.1) is 0 Å². The van der Waals surface area contributed by atoms with Crippen molar-refractivity contribution in [3.05, 3.63) is 48.0 Å². The highest BCUT2D eigenvalue weighted by Gasteiger charge is 2.08. The van der Waals surface area contributed by atoms with Gasteiger partial charge in [-0.2, -0.15) is 0 Å². The van der Waals surface area contributed by atoms with Crippen molar-refractivity contribution < 1.29 is 10.2 Å². The molecule has 0 fully saturated rings. The molecule has 2 aromatic carbocycles. The fraction of sp³-hybridized carbons (Fsp3) is 0.0769. The van der Waals surface area contributed by atoms with Crippen molar-refractivity contribution in [3.8, 4) is 22.6 Å². The van der Waals surface area contributed by atoms with Crippen LogP contribution in [0.5, 0.6) is 11.5 Å². The van der Waals surface area contributed by atoms with E-state index in [1.54, 1.807) is 24.3 Å². The standard InChI is InChI=1S/C13H11BrO2/c14-8-9-5-6-13(16)11(7-9)10-3-1-2-4-12(10)15/h1-7,15-16H,8H2. The average Bonchev–Trinajstić information content (AvgIpc) is 2.31. The third kappa shape index (κ3) is 2.04. The van der Waals surface area contributed by atoms with Crippen molar-refractivity contribution in [3.63, 3.8) is 0 Å². The van der Waals surface area contributed by atoms with Crippen LogP contribution < -0.4 is 0 Å². The van der Waals surface area contributed by atoms with E-state index in [0.717, 1.165) is 5.56 Å². The minimum absolute atomic E-state index is 0.171. The highest BCUT2D eigenvalue weighted by Crippen LogP contribution is 2.35. The molecule has 0 saturated carbocycles. The van der Waals surface area contributed by atoms with Crippen LogP contribution >= 0.6 is 15.9 Å². The molecule has 0 atom stereocenters. The highest BCUT2D eigenvalue weighted by atomic mass is 79.9. The normalized spacial score (nSPS) is 10.3. The van der Waals surface area contributed by atoms with Crippen LogP contribution in [0, 0.1) is 0 Å². The van der Waals surface area contributed by atoms with Crippen molar-refractivity contribution in [2.24, 2.45) is 0 Å². The summed E-state index contributed by atoms with van der Waals surface area (Å²) < 4.78 is 0. The van der Waals surface area contributed by atoms with Gasteiger partial charge in [-0.05, 0) is 23.8 Å². The maximum absolute atomic E-state index is 9.78. The predicted molar refractivity (Wildman–Crippen MR) is 67.8 cm³/mol. The summed E-state index contributed by atoms with van der Waals surface area (Å²) in [6, 6.07) is 12.3. The summed E-state index contributed by atoms with van der Waals surface area (Å²) in [6.45, 7) is 0. The zero-order chi connectivity index (χ0) is 11.5. The van der Waals surface area contributed by atoms with Gasteiger partial charge in [0.2, 0.25) is 0 Å². The SMILES string of the molecule is Oc1ccccc1-c1cc(CBr)ccc1O. The van der Waals surface area contributed by atoms with Crippen LogP contribution in [0.15, 0.2) is 42.5 Å². The summed E-state index contributed by atoms with van der Waals surface area (Å²) in [5.74, 6) is 0.343. The molecule has 82 valence electrons. The summed E-state index contributed by atoms with van der Waals surface area (Å²) in [5.41, 5.74) is 2.34. The second-order valence-corrected chi connectivity index (χ2v) is 4.06. The van der Waals surface area contributed by atoms with Crippen molar-refractivity contribution in [1.29, 1.82) is 0 Å². The third-order valence-electron chi connectivity index (χ3n) is 2.41. The topological polar surface area (TPSA) is 40.5 Å². The molecule has 0 aliphatic heterocycles. The van der Waals surface area contributed by atoms with Gasteiger partial charge in [0.1, 0.15) is 11.5 Å². The van der Waals surface area contributed by atoms with Gasteiger partial charge in [0, 0.05) is 16.5 Å². The molecular formula is C13H11BrO2. The fourth-order valence-corrected chi connectivity index (χ4v) is 1.93. The smallest absolute Gasteiger partial charge is 0.123 e. The molecular weight excluding hydrogens is 268 g/mol. The highest BCUT2D eigenvalue weighted by molar-refractivity contribution is 9.08. The molecule has 0 aromatic heterocycles. The largest absolute Gasteiger partial charge is 0.507 e. The first-order valence-electron chi connectivity index (χ1n) is 4.88. The van der Waals surface area contributed by atoms with E-state index in [-0.39, 0.29) is 11.5 Å². The molecule has 0 amide bonds. The van der Waals surface area contributed by atoms with Crippen LogP contribution in [0.25, 0.3) is 11.1 Å². The van der Waals surface area contributed by atoms with Crippen molar-refractivity contribution in [2.75, 3.05) is 0 Å². The van der Waals surface area contributed by atoms with Crippen LogP contribution in [0.4, 0.5) is 0 Å². The number of halogens is 1. The van der Waals surface area contributed by atoms with Crippen molar-refractivity contribution in [2.45, 2.75) is 5.33 Å². The minimum Gasteiger partial charge on any atom is -0.507 e. The van der Waals surface area contributed by atoms with Crippen LogP contribution in [0.3, 0.4) is 0 Å². The van der Waals surface area contributed by atoms with E-state index in [0.29, 0.717) is 16.5 Å². The number of para-hydroxylation sites is 1. The molecule has 3 heteroatoms. The molecule has 2 N–H and O–H groups in total. The Balaban J connectivity index is 2.59. The quantitative estimate of drug-likeness (QED) is 0.823. The number of alkyl halides is 1. The number of benzene rings is 2. The van der Waals surface area contributed by atoms with E-state index >= 15 is 0 Å². The zero-order valence-corrected chi connectivity index (χ0v) is 10.1. The Kier molecular flexibility index (Phi) is 3.15. The second-order valence-electron chi connectivity index (χ2n) is 3.50. The zero-order valence-electron chi connectivity index (χ0n) is 8.52. The molecule has 2 nitrogen and oxygen atoms in total. The van der Waals surface area contributed by atoms with Gasteiger partial charge in [-0.3, -0.25) is 0 Å². The summed E-state index contributed by atoms with van der Waals surface area (Å²) in [4.78, 5) is 0. The summed E-state index contributed by atoms with van der Waals surface area (Å²) >= 11 is 3.36. The second kappa shape index (κ2) is 4.58. The maximum atomic E-state index is 9.78. The number of aromatic hydroxyl groups is 2. The molecule has 0 heterocycles. The van der Waals surface area contributed by atoms with E-state index in [9.17, 15) is 10.2 Å². The first-order valence-corrected chi connectivity index (χ1v) is 6.00. The van der Waals surface area contributed by atoms with Gasteiger partial charge in [-0.15, -0.1) is 0 Å². The summed E-state index contributed by atoms with van der Waals surface area (Å²) in [7, 11) is 0. The molecule has 0 bridgehead atoms. The summed E-state index contributed by atoms with van der Waals surface area (Å²) in [5, 5.41) is 20.2. The van der Waals surface area contributed by atoms with Gasteiger partial charge in [-0.1, -0.05) is 40.2 Å². The third-order valence-corrected chi connectivity index (χ3v) is 3.06. The molecule has 0 aliphatic rings. The lowest BCUT2D eigenvalue weighted by Crippen LogP contribution is -1.83. The van der Waals surface area contributed by atoms with Crippen molar-refractivity contribution in [1.82, 2.24) is 0 Å². The first-order chi connectivity index (χ1) is 7.72. The van der Waals surface area contributed by atoms with Gasteiger partial charge >= 0.3 is 0 Å². The van der Waals surface area contributed by atoms with Crippen LogP contribution in [-0.2, 0) is 5.33 Å². The van der Waals surface area contributed by atoms with Gasteiger partial charge in [-0.25, -0.2) is 0 Å². The first kappa shape index (κ1) is 11.0. The number of hydrogen-bond acceptors (Lipinski definition) is 2. The Bertz CT molecular complexity index is 509. The average molecular weight is 279 g/mol. The van der Waals surface area contributed by atoms with E-state index in [1.807, 2.05) is 18.2 Å². The molecule has 0 aliphatic carbocycles. The molecule has 0 radical (unpaired) electrons. The van der Waals surface area contributed by atoms with Crippen LogP contribution in [-0.4, -0.2) is 10.2 Å². The number of hydrogen-bond donors (Lipinski definition) is 2. The molecule has 2 rings (SSSR count). The number of rotatable bonds is 2. The van der Waals surface area contributed by atoms with E-state index in [4.69, 9.17) is 0 Å².